The zero-order chi connectivity index (χ0) is 13.1. The molecule has 1 aromatic carbocycles. The van der Waals surface area contributed by atoms with Crippen molar-refractivity contribution in [3.63, 3.8) is 0 Å². The summed E-state index contributed by atoms with van der Waals surface area (Å²) in [6.45, 7) is 0.0389. The first-order valence-electron chi connectivity index (χ1n) is 5.95. The van der Waals surface area contributed by atoms with Crippen LogP contribution in [0.2, 0.25) is 5.02 Å². The van der Waals surface area contributed by atoms with Gasteiger partial charge in [-0.05, 0) is 18.1 Å². The van der Waals surface area contributed by atoms with Crippen LogP contribution in [0.5, 0.6) is 0 Å². The van der Waals surface area contributed by atoms with Crippen LogP contribution in [-0.4, -0.2) is 39.8 Å². The van der Waals surface area contributed by atoms with Gasteiger partial charge in [0.05, 0.1) is 18.8 Å². The maximum Gasteiger partial charge on any atom is 0.223 e. The fourth-order valence-electron chi connectivity index (χ4n) is 2.29. The Kier molecular flexibility index (Phi) is 4.22. The van der Waals surface area contributed by atoms with Crippen LogP contribution in [0.3, 0.4) is 0 Å². The van der Waals surface area contributed by atoms with E-state index in [9.17, 15) is 9.90 Å². The minimum absolute atomic E-state index is 0.00702. The summed E-state index contributed by atoms with van der Waals surface area (Å²) in [4.78, 5) is 13.4. The van der Waals surface area contributed by atoms with E-state index in [4.69, 9.17) is 16.7 Å². The van der Waals surface area contributed by atoms with E-state index < -0.39 is 6.10 Å². The summed E-state index contributed by atoms with van der Waals surface area (Å²) in [6.07, 6.45) is 0.0935. The van der Waals surface area contributed by atoms with Gasteiger partial charge in [-0.1, -0.05) is 29.8 Å². The molecule has 18 heavy (non-hydrogen) atoms. The third kappa shape index (κ3) is 2.66. The normalized spacial score (nSPS) is 21.4. The Morgan fingerprint density at radius 3 is 2.83 bits per heavy atom. The number of nitrogens with zero attached hydrogens (tertiary/aromatic N) is 1. The monoisotopic (exact) mass is 269 g/mol. The number of halogens is 1. The highest BCUT2D eigenvalue weighted by Crippen LogP contribution is 2.26. The number of amides is 1. The number of aliphatic hydroxyl groups is 2. The lowest BCUT2D eigenvalue weighted by Crippen LogP contribution is -2.42. The molecule has 2 N–H and O–H groups in total. The average Bonchev–Trinajstić information content (AvgIpc) is 2.73. The van der Waals surface area contributed by atoms with E-state index in [1.54, 1.807) is 11.0 Å². The Balaban J connectivity index is 2.15. The Hall–Kier alpha value is -1.10. The van der Waals surface area contributed by atoms with E-state index in [0.29, 0.717) is 24.4 Å². The highest BCUT2D eigenvalue weighted by molar-refractivity contribution is 6.31. The number of likely N-dealkylation sites (tertiary alicyclic amines) is 1. The second-order valence-corrected chi connectivity index (χ2v) is 4.88. The number of benzene rings is 1. The zero-order valence-corrected chi connectivity index (χ0v) is 10.7. The molecule has 0 aromatic heterocycles. The maximum absolute atomic E-state index is 11.8. The molecular formula is C13H16ClNO3. The van der Waals surface area contributed by atoms with Crippen LogP contribution in [-0.2, 0) is 11.3 Å². The molecule has 0 radical (unpaired) electrons. The summed E-state index contributed by atoms with van der Waals surface area (Å²) in [6, 6.07) is 7.00. The van der Waals surface area contributed by atoms with Gasteiger partial charge < -0.3 is 15.1 Å². The van der Waals surface area contributed by atoms with Gasteiger partial charge in [0.25, 0.3) is 0 Å². The Bertz CT molecular complexity index is 438. The van der Waals surface area contributed by atoms with Gasteiger partial charge in [0.15, 0.2) is 0 Å². The molecule has 0 saturated carbocycles. The Morgan fingerprint density at radius 2 is 2.17 bits per heavy atom. The average molecular weight is 270 g/mol. The quantitative estimate of drug-likeness (QED) is 0.863. The molecule has 1 aliphatic heterocycles. The van der Waals surface area contributed by atoms with Crippen molar-refractivity contribution in [1.82, 2.24) is 4.90 Å². The first-order chi connectivity index (χ1) is 8.63. The Labute approximate surface area is 111 Å². The smallest absolute Gasteiger partial charge is 0.223 e. The van der Waals surface area contributed by atoms with Crippen LogP contribution in [0.15, 0.2) is 24.3 Å². The predicted octanol–water partition coefficient (Wildman–Crippen LogP) is 1.18. The lowest BCUT2D eigenvalue weighted by Gasteiger charge is -2.28. The van der Waals surface area contributed by atoms with Crippen molar-refractivity contribution in [3.05, 3.63) is 34.9 Å². The fourth-order valence-corrected chi connectivity index (χ4v) is 2.49. The van der Waals surface area contributed by atoms with Gasteiger partial charge >= 0.3 is 0 Å². The van der Waals surface area contributed by atoms with Crippen LogP contribution in [0.4, 0.5) is 0 Å². The molecular weight excluding hydrogens is 254 g/mol. The minimum atomic E-state index is -0.890. The van der Waals surface area contributed by atoms with Gasteiger partial charge in [-0.25, -0.2) is 0 Å². The molecule has 1 fully saturated rings. The third-order valence-corrected chi connectivity index (χ3v) is 3.67. The minimum Gasteiger partial charge on any atom is -0.394 e. The van der Waals surface area contributed by atoms with Crippen molar-refractivity contribution >= 4 is 17.5 Å². The van der Waals surface area contributed by atoms with E-state index in [2.05, 4.69) is 0 Å². The second-order valence-electron chi connectivity index (χ2n) is 4.47. The highest BCUT2D eigenvalue weighted by Gasteiger charge is 2.35. The standard InChI is InChI=1S/C13H16ClNO3/c14-10-4-2-1-3-9(10)7-15-11(12(17)8-16)5-6-13(15)18/h1-4,11-12,16-17H,5-8H2/t11-,12+/m0/s1. The first-order valence-corrected chi connectivity index (χ1v) is 6.33. The van der Waals surface area contributed by atoms with E-state index in [1.165, 1.54) is 0 Å². The maximum atomic E-state index is 11.8. The number of carbonyl (C=O) groups is 1. The summed E-state index contributed by atoms with van der Waals surface area (Å²) in [7, 11) is 0. The number of hydrogen-bond donors (Lipinski definition) is 2. The largest absolute Gasteiger partial charge is 0.394 e. The molecule has 1 amide bonds. The molecule has 1 aromatic rings. The zero-order valence-electron chi connectivity index (χ0n) is 9.92. The van der Waals surface area contributed by atoms with E-state index in [-0.39, 0.29) is 18.6 Å². The highest BCUT2D eigenvalue weighted by atomic mass is 35.5. The van der Waals surface area contributed by atoms with Gasteiger partial charge in [-0.15, -0.1) is 0 Å². The molecule has 4 nitrogen and oxygen atoms in total. The van der Waals surface area contributed by atoms with Gasteiger partial charge in [0, 0.05) is 18.0 Å². The molecule has 0 aliphatic carbocycles. The molecule has 5 heteroatoms. The molecule has 2 rings (SSSR count). The van der Waals surface area contributed by atoms with Crippen LogP contribution >= 0.6 is 11.6 Å². The van der Waals surface area contributed by atoms with Crippen LogP contribution in [0, 0.1) is 0 Å². The lowest BCUT2D eigenvalue weighted by atomic mass is 10.1. The van der Waals surface area contributed by atoms with Crippen molar-refractivity contribution < 1.29 is 15.0 Å². The van der Waals surface area contributed by atoms with Crippen molar-refractivity contribution in [2.45, 2.75) is 31.5 Å². The van der Waals surface area contributed by atoms with Crippen molar-refractivity contribution in [1.29, 1.82) is 0 Å². The lowest BCUT2D eigenvalue weighted by molar-refractivity contribution is -0.131. The van der Waals surface area contributed by atoms with Gasteiger partial charge in [-0.3, -0.25) is 4.79 Å². The first kappa shape index (κ1) is 13.3. The van der Waals surface area contributed by atoms with Crippen LogP contribution < -0.4 is 0 Å². The van der Waals surface area contributed by atoms with E-state index in [1.807, 2.05) is 18.2 Å². The number of carbonyl (C=O) groups excluding carboxylic acids is 1. The number of aliphatic hydroxyl groups excluding tert-OH is 2. The van der Waals surface area contributed by atoms with Crippen LogP contribution in [0.25, 0.3) is 0 Å². The fraction of sp³-hybridized carbons (Fsp3) is 0.462. The van der Waals surface area contributed by atoms with E-state index in [0.717, 1.165) is 5.56 Å². The molecule has 1 saturated heterocycles. The number of rotatable bonds is 4. The van der Waals surface area contributed by atoms with Crippen molar-refractivity contribution in [2.75, 3.05) is 6.61 Å². The molecule has 98 valence electrons. The second kappa shape index (κ2) is 5.69. The van der Waals surface area contributed by atoms with Gasteiger partial charge in [0.1, 0.15) is 0 Å². The Morgan fingerprint density at radius 1 is 1.44 bits per heavy atom. The summed E-state index contributed by atoms with van der Waals surface area (Å²) >= 11 is 6.06. The topological polar surface area (TPSA) is 60.8 Å². The van der Waals surface area contributed by atoms with Crippen LogP contribution in [0.1, 0.15) is 18.4 Å². The molecule has 0 spiro atoms. The number of hydrogen-bond acceptors (Lipinski definition) is 3. The van der Waals surface area contributed by atoms with Gasteiger partial charge in [0.2, 0.25) is 5.91 Å². The third-order valence-electron chi connectivity index (χ3n) is 3.30. The van der Waals surface area contributed by atoms with Gasteiger partial charge in [-0.2, -0.15) is 0 Å². The molecule has 0 unspecified atom stereocenters. The summed E-state index contributed by atoms with van der Waals surface area (Å²) in [5, 5.41) is 19.3. The summed E-state index contributed by atoms with van der Waals surface area (Å²) < 4.78 is 0. The molecule has 0 bridgehead atoms. The summed E-state index contributed by atoms with van der Waals surface area (Å²) in [5.41, 5.74) is 0.851. The van der Waals surface area contributed by atoms with E-state index >= 15 is 0 Å². The summed E-state index contributed by atoms with van der Waals surface area (Å²) in [5.74, 6) is -0.00702. The van der Waals surface area contributed by atoms with Crippen molar-refractivity contribution in [2.24, 2.45) is 0 Å². The molecule has 2 atom stereocenters. The molecule has 1 heterocycles. The SMILES string of the molecule is O=C1CC[C@@H]([C@H](O)CO)N1Cc1ccccc1Cl. The molecule has 1 aliphatic rings. The van der Waals surface area contributed by atoms with Crippen molar-refractivity contribution in [3.8, 4) is 0 Å². The predicted molar refractivity (Wildman–Crippen MR) is 68.1 cm³/mol.